The second kappa shape index (κ2) is 5.87. The third kappa shape index (κ3) is 2.81. The lowest BCUT2D eigenvalue weighted by molar-refractivity contribution is 0.397. The lowest BCUT2D eigenvalue weighted by atomic mass is 10.1. The number of ether oxygens (including phenoxy) is 1. The van der Waals surface area contributed by atoms with Gasteiger partial charge < -0.3 is 4.74 Å². The molecule has 1 aliphatic heterocycles. The standard InChI is InChI=1S/C16H17NO5S2/c1-12-3-9-15(10-4-12)24(20,21)17-16(11-23(17,18)19)13-5-7-14(22-2)8-6-13/h3-10,16H,11H2,1-2H3. The SMILES string of the molecule is COc1ccc(C2CS(=O)(=O)N2S(=O)(=O)c2ccc(C)cc2)cc1. The fraction of sp³-hybridized carbons (Fsp3) is 0.250. The molecule has 0 saturated carbocycles. The Bertz CT molecular complexity index is 949. The molecule has 1 saturated heterocycles. The lowest BCUT2D eigenvalue weighted by Gasteiger charge is -2.38. The van der Waals surface area contributed by atoms with Gasteiger partial charge in [-0.25, -0.2) is 16.8 Å². The summed E-state index contributed by atoms with van der Waals surface area (Å²) in [6.45, 7) is 1.83. The summed E-state index contributed by atoms with van der Waals surface area (Å²) in [7, 11) is -6.44. The van der Waals surface area contributed by atoms with Crippen LogP contribution in [0.25, 0.3) is 0 Å². The first-order valence-electron chi connectivity index (χ1n) is 7.23. The van der Waals surface area contributed by atoms with Gasteiger partial charge >= 0.3 is 0 Å². The molecule has 24 heavy (non-hydrogen) atoms. The summed E-state index contributed by atoms with van der Waals surface area (Å²) in [5.74, 6) is 0.388. The molecule has 1 atom stereocenters. The number of hydrogen-bond donors (Lipinski definition) is 0. The highest BCUT2D eigenvalue weighted by Crippen LogP contribution is 2.40. The quantitative estimate of drug-likeness (QED) is 0.826. The first-order valence-corrected chi connectivity index (χ1v) is 10.3. The molecule has 0 bridgehead atoms. The minimum Gasteiger partial charge on any atom is -0.497 e. The van der Waals surface area contributed by atoms with E-state index in [1.165, 1.54) is 19.2 Å². The van der Waals surface area contributed by atoms with Crippen LogP contribution in [0.15, 0.2) is 53.4 Å². The van der Waals surface area contributed by atoms with Crippen molar-refractivity contribution in [3.63, 3.8) is 0 Å². The van der Waals surface area contributed by atoms with Crippen LogP contribution < -0.4 is 4.74 Å². The molecule has 1 heterocycles. The van der Waals surface area contributed by atoms with Crippen LogP contribution in [-0.2, 0) is 20.0 Å². The monoisotopic (exact) mass is 367 g/mol. The van der Waals surface area contributed by atoms with Crippen molar-refractivity contribution in [3.8, 4) is 5.75 Å². The Hall–Kier alpha value is -1.90. The average Bonchev–Trinajstić information content (AvgIpc) is 2.53. The molecule has 128 valence electrons. The molecular weight excluding hydrogens is 350 g/mol. The summed E-state index contributed by atoms with van der Waals surface area (Å²) in [4.78, 5) is -0.0325. The Balaban J connectivity index is 2.00. The maximum atomic E-state index is 12.8. The summed E-state index contributed by atoms with van der Waals surface area (Å²) in [6.07, 6.45) is 0. The van der Waals surface area contributed by atoms with E-state index < -0.39 is 26.1 Å². The highest BCUT2D eigenvalue weighted by atomic mass is 32.3. The Morgan fingerprint density at radius 2 is 1.62 bits per heavy atom. The van der Waals surface area contributed by atoms with Crippen molar-refractivity contribution in [2.75, 3.05) is 12.9 Å². The van der Waals surface area contributed by atoms with Crippen LogP contribution in [0.2, 0.25) is 0 Å². The van der Waals surface area contributed by atoms with Gasteiger partial charge in [-0.2, -0.15) is 0 Å². The van der Waals surface area contributed by atoms with Crippen molar-refractivity contribution in [2.45, 2.75) is 17.9 Å². The Morgan fingerprint density at radius 1 is 1.04 bits per heavy atom. The van der Waals surface area contributed by atoms with Crippen molar-refractivity contribution in [2.24, 2.45) is 0 Å². The van der Waals surface area contributed by atoms with Crippen molar-refractivity contribution < 1.29 is 21.6 Å². The van der Waals surface area contributed by atoms with Gasteiger partial charge in [0.2, 0.25) is 10.0 Å². The summed E-state index contributed by atoms with van der Waals surface area (Å²) < 4.78 is 55.5. The molecule has 8 heteroatoms. The average molecular weight is 367 g/mol. The summed E-state index contributed by atoms with van der Waals surface area (Å²) in [5.41, 5.74) is 1.51. The second-order valence-corrected chi connectivity index (χ2v) is 9.55. The number of benzene rings is 2. The van der Waals surface area contributed by atoms with Crippen molar-refractivity contribution in [1.29, 1.82) is 0 Å². The molecule has 2 aromatic carbocycles. The largest absolute Gasteiger partial charge is 0.497 e. The van der Waals surface area contributed by atoms with Crippen LogP contribution in [0.3, 0.4) is 0 Å². The van der Waals surface area contributed by atoms with Crippen LogP contribution in [0, 0.1) is 6.92 Å². The third-order valence-corrected chi connectivity index (χ3v) is 8.36. The summed E-state index contributed by atoms with van der Waals surface area (Å²) in [6, 6.07) is 12.1. The van der Waals surface area contributed by atoms with Gasteiger partial charge in [0.05, 0.1) is 23.8 Å². The molecule has 0 radical (unpaired) electrons. The molecule has 6 nitrogen and oxygen atoms in total. The number of hydrogen-bond acceptors (Lipinski definition) is 5. The van der Waals surface area contributed by atoms with Gasteiger partial charge in [0.15, 0.2) is 0 Å². The predicted octanol–water partition coefficient (Wildman–Crippen LogP) is 2.08. The molecule has 0 aliphatic carbocycles. The first-order chi connectivity index (χ1) is 11.3. The van der Waals surface area contributed by atoms with E-state index in [4.69, 9.17) is 4.74 Å². The van der Waals surface area contributed by atoms with Crippen LogP contribution in [0.4, 0.5) is 0 Å². The van der Waals surface area contributed by atoms with E-state index in [2.05, 4.69) is 0 Å². The van der Waals surface area contributed by atoms with E-state index in [1.807, 2.05) is 6.92 Å². The van der Waals surface area contributed by atoms with Gasteiger partial charge in [-0.3, -0.25) is 0 Å². The minimum atomic E-state index is -4.13. The van der Waals surface area contributed by atoms with Gasteiger partial charge in [0.1, 0.15) is 5.75 Å². The molecule has 0 spiro atoms. The number of sulfonamides is 2. The topological polar surface area (TPSA) is 80.8 Å². The van der Waals surface area contributed by atoms with Crippen LogP contribution >= 0.6 is 0 Å². The zero-order valence-electron chi connectivity index (χ0n) is 13.2. The first kappa shape index (κ1) is 16.9. The Morgan fingerprint density at radius 3 is 2.12 bits per heavy atom. The predicted molar refractivity (Wildman–Crippen MR) is 89.7 cm³/mol. The lowest BCUT2D eigenvalue weighted by Crippen LogP contribution is -2.53. The molecule has 0 aromatic heterocycles. The number of nitrogens with zero attached hydrogens (tertiary/aromatic N) is 1. The van der Waals surface area contributed by atoms with Crippen LogP contribution in [-0.4, -0.2) is 33.4 Å². The zero-order valence-corrected chi connectivity index (χ0v) is 14.8. The summed E-state index contributed by atoms with van der Waals surface area (Å²) >= 11 is 0. The van der Waals surface area contributed by atoms with Crippen LogP contribution in [0.5, 0.6) is 5.75 Å². The van der Waals surface area contributed by atoms with Crippen molar-refractivity contribution in [3.05, 3.63) is 59.7 Å². The highest BCUT2D eigenvalue weighted by molar-refractivity contribution is 8.05. The maximum Gasteiger partial charge on any atom is 0.256 e. The summed E-state index contributed by atoms with van der Waals surface area (Å²) in [5, 5.41) is 0. The fourth-order valence-electron chi connectivity index (χ4n) is 2.62. The van der Waals surface area contributed by atoms with Gasteiger partial charge in [-0.05, 0) is 36.8 Å². The fourth-order valence-corrected chi connectivity index (χ4v) is 6.78. The van der Waals surface area contributed by atoms with Gasteiger partial charge in [-0.1, -0.05) is 33.5 Å². The van der Waals surface area contributed by atoms with E-state index in [9.17, 15) is 16.8 Å². The molecule has 0 N–H and O–H groups in total. The molecule has 1 aliphatic rings. The van der Waals surface area contributed by atoms with E-state index in [0.717, 1.165) is 5.56 Å². The van der Waals surface area contributed by atoms with Crippen molar-refractivity contribution >= 4 is 20.0 Å². The van der Waals surface area contributed by atoms with E-state index >= 15 is 0 Å². The smallest absolute Gasteiger partial charge is 0.256 e. The molecule has 2 aromatic rings. The van der Waals surface area contributed by atoms with Crippen molar-refractivity contribution in [1.82, 2.24) is 3.71 Å². The highest BCUT2D eigenvalue weighted by Gasteiger charge is 2.52. The second-order valence-electron chi connectivity index (χ2n) is 5.61. The zero-order chi connectivity index (χ0) is 17.5. The molecule has 1 fully saturated rings. The maximum absolute atomic E-state index is 12.8. The van der Waals surface area contributed by atoms with Gasteiger partial charge in [-0.15, -0.1) is 0 Å². The molecule has 0 amide bonds. The molecule has 1 unspecified atom stereocenters. The third-order valence-electron chi connectivity index (χ3n) is 3.95. The Kier molecular flexibility index (Phi) is 4.15. The normalized spacial score (nSPS) is 20.3. The number of methoxy groups -OCH3 is 1. The van der Waals surface area contributed by atoms with Crippen LogP contribution in [0.1, 0.15) is 17.2 Å². The minimum absolute atomic E-state index is 0.0325. The molecule has 3 rings (SSSR count). The van der Waals surface area contributed by atoms with Gasteiger partial charge in [0, 0.05) is 0 Å². The number of rotatable bonds is 4. The van der Waals surface area contributed by atoms with E-state index in [-0.39, 0.29) is 10.6 Å². The Labute approximate surface area is 141 Å². The van der Waals surface area contributed by atoms with E-state index in [1.54, 1.807) is 36.4 Å². The van der Waals surface area contributed by atoms with E-state index in [0.29, 0.717) is 15.0 Å². The van der Waals surface area contributed by atoms with Gasteiger partial charge in [0.25, 0.3) is 10.0 Å². The molecular formula is C16H17NO5S2. The number of aryl methyl sites for hydroxylation is 1.